The highest BCUT2D eigenvalue weighted by molar-refractivity contribution is 5.81. The molecule has 4 fully saturated rings. The van der Waals surface area contributed by atoms with Crippen molar-refractivity contribution in [2.24, 2.45) is 11.3 Å². The maximum absolute atomic E-state index is 12.6. The van der Waals surface area contributed by atoms with Gasteiger partial charge in [-0.2, -0.15) is 13.2 Å². The number of rotatable bonds is 2. The van der Waals surface area contributed by atoms with Gasteiger partial charge in [0.15, 0.2) is 0 Å². The van der Waals surface area contributed by atoms with Gasteiger partial charge in [0.05, 0.1) is 17.7 Å². The first-order chi connectivity index (χ1) is 14.2. The molecule has 0 aromatic carbocycles. The van der Waals surface area contributed by atoms with Crippen LogP contribution >= 0.6 is 0 Å². The first-order valence-electron chi connectivity index (χ1n) is 10.1. The minimum Gasteiger partial charge on any atom is -0.369 e. The largest absolute Gasteiger partial charge is 0.417 e. The van der Waals surface area contributed by atoms with E-state index in [1.54, 1.807) is 4.90 Å². The lowest BCUT2D eigenvalue weighted by Gasteiger charge is -2.61. The van der Waals surface area contributed by atoms with Crippen LogP contribution in [0.3, 0.4) is 0 Å². The molecule has 4 aliphatic rings. The third-order valence-corrected chi connectivity index (χ3v) is 6.69. The van der Waals surface area contributed by atoms with Gasteiger partial charge < -0.3 is 19.9 Å². The van der Waals surface area contributed by atoms with E-state index in [0.29, 0.717) is 37.7 Å². The van der Waals surface area contributed by atoms with E-state index < -0.39 is 17.3 Å². The van der Waals surface area contributed by atoms with Crippen LogP contribution in [0.5, 0.6) is 0 Å². The molecule has 2 spiro atoms. The molecule has 5 rings (SSSR count). The zero-order valence-corrected chi connectivity index (χ0v) is 16.4. The molecule has 1 N–H and O–H groups in total. The Labute approximate surface area is 171 Å². The fourth-order valence-electron chi connectivity index (χ4n) is 5.37. The van der Waals surface area contributed by atoms with E-state index in [-0.39, 0.29) is 24.0 Å². The number of urea groups is 1. The van der Waals surface area contributed by atoms with Crippen molar-refractivity contribution >= 4 is 11.9 Å². The predicted molar refractivity (Wildman–Crippen MR) is 98.3 cm³/mol. The van der Waals surface area contributed by atoms with E-state index in [0.717, 1.165) is 38.2 Å². The van der Waals surface area contributed by atoms with Gasteiger partial charge in [0, 0.05) is 43.5 Å². The van der Waals surface area contributed by atoms with Gasteiger partial charge >= 0.3 is 12.2 Å². The van der Waals surface area contributed by atoms with Crippen molar-refractivity contribution in [2.75, 3.05) is 39.4 Å². The summed E-state index contributed by atoms with van der Waals surface area (Å²) in [6, 6.07) is 2.54. The van der Waals surface area contributed by atoms with Crippen LogP contribution in [0.15, 0.2) is 18.3 Å². The second-order valence-corrected chi connectivity index (χ2v) is 9.33. The Bertz CT molecular complexity index is 853. The zero-order chi connectivity index (χ0) is 21.1. The van der Waals surface area contributed by atoms with Gasteiger partial charge in [-0.15, -0.1) is 0 Å². The van der Waals surface area contributed by atoms with Gasteiger partial charge in [-0.05, 0) is 37.3 Å². The second kappa shape index (κ2) is 6.57. The number of alkyl halides is 3. The minimum absolute atomic E-state index is 0.000992. The molecular weight excluding hydrogens is 401 g/mol. The molecule has 3 amide bonds. The number of pyridine rings is 1. The smallest absolute Gasteiger partial charge is 0.369 e. The highest BCUT2D eigenvalue weighted by atomic mass is 19.4. The van der Waals surface area contributed by atoms with Gasteiger partial charge in [0.25, 0.3) is 0 Å². The molecule has 3 saturated heterocycles. The summed E-state index contributed by atoms with van der Waals surface area (Å²) in [5.74, 6) is 0.257. The van der Waals surface area contributed by atoms with Crippen LogP contribution in [0.25, 0.3) is 0 Å². The summed E-state index contributed by atoms with van der Waals surface area (Å²) in [7, 11) is 0. The topological polar surface area (TPSA) is 74.8 Å². The molecule has 10 heteroatoms. The molecule has 1 aromatic rings. The van der Waals surface area contributed by atoms with E-state index in [4.69, 9.17) is 4.74 Å². The van der Waals surface area contributed by atoms with Crippen LogP contribution in [-0.4, -0.2) is 71.7 Å². The summed E-state index contributed by atoms with van der Waals surface area (Å²) in [6.45, 7) is 2.90. The molecule has 4 heterocycles. The Morgan fingerprint density at radius 3 is 2.50 bits per heavy atom. The molecule has 3 aliphatic heterocycles. The second-order valence-electron chi connectivity index (χ2n) is 9.33. The lowest BCUT2D eigenvalue weighted by molar-refractivity contribution is -0.142. The van der Waals surface area contributed by atoms with Crippen LogP contribution < -0.4 is 5.32 Å². The first kappa shape index (κ1) is 19.6. The molecular formula is C20H23F3N4O3. The maximum Gasteiger partial charge on any atom is 0.417 e. The van der Waals surface area contributed by atoms with E-state index in [9.17, 15) is 22.8 Å². The summed E-state index contributed by atoms with van der Waals surface area (Å²) in [6.07, 6.45) is -0.865. The molecule has 0 bridgehead atoms. The Morgan fingerprint density at radius 1 is 1.20 bits per heavy atom. The minimum atomic E-state index is -4.36. The van der Waals surface area contributed by atoms with Crippen molar-refractivity contribution in [1.29, 1.82) is 0 Å². The highest BCUT2D eigenvalue weighted by Crippen LogP contribution is 2.53. The molecule has 1 aliphatic carbocycles. The molecule has 0 atom stereocenters. The number of nitrogens with one attached hydrogen (secondary N) is 1. The van der Waals surface area contributed by atoms with Crippen LogP contribution in [-0.2, 0) is 22.1 Å². The number of hydrogen-bond donors (Lipinski definition) is 1. The number of aromatic nitrogens is 1. The molecule has 30 heavy (non-hydrogen) atoms. The van der Waals surface area contributed by atoms with Gasteiger partial charge in [-0.25, -0.2) is 4.79 Å². The number of carbonyl (C=O) groups excluding carboxylic acids is 2. The molecule has 0 radical (unpaired) electrons. The first-order valence-corrected chi connectivity index (χ1v) is 10.1. The Morgan fingerprint density at radius 2 is 1.90 bits per heavy atom. The third kappa shape index (κ3) is 3.40. The Hall–Kier alpha value is -2.36. The number of carbonyl (C=O) groups is 2. The number of hydrogen-bond acceptors (Lipinski definition) is 4. The van der Waals surface area contributed by atoms with Crippen LogP contribution in [0.2, 0.25) is 0 Å². The van der Waals surface area contributed by atoms with Gasteiger partial charge in [-0.1, -0.05) is 0 Å². The predicted octanol–water partition coefficient (Wildman–Crippen LogP) is 1.68. The summed E-state index contributed by atoms with van der Waals surface area (Å²) in [5, 5.41) is 2.92. The lowest BCUT2D eigenvalue weighted by Crippen LogP contribution is -2.78. The van der Waals surface area contributed by atoms with Crippen molar-refractivity contribution in [2.45, 2.75) is 31.0 Å². The fraction of sp³-hybridized carbons (Fsp3) is 0.650. The summed E-state index contributed by atoms with van der Waals surface area (Å²) >= 11 is 0. The number of morpholine rings is 1. The SMILES string of the molecule is O=C1COCC2(CN(C(=O)N3CC4(CC(Cc5ccc(C(F)(F)F)cn5)C4)C3)C2)N1. The van der Waals surface area contributed by atoms with Crippen LogP contribution in [0.4, 0.5) is 18.0 Å². The zero-order valence-electron chi connectivity index (χ0n) is 16.4. The molecule has 1 saturated carbocycles. The summed E-state index contributed by atoms with van der Waals surface area (Å²) in [5.41, 5.74) is -0.324. The van der Waals surface area contributed by atoms with Gasteiger partial charge in [0.2, 0.25) is 5.91 Å². The van der Waals surface area contributed by atoms with E-state index in [1.807, 2.05) is 4.90 Å². The maximum atomic E-state index is 12.6. The fourth-order valence-corrected chi connectivity index (χ4v) is 5.37. The van der Waals surface area contributed by atoms with Crippen LogP contribution in [0, 0.1) is 11.3 Å². The van der Waals surface area contributed by atoms with Crippen molar-refractivity contribution in [3.8, 4) is 0 Å². The normalized spacial score (nSPS) is 24.8. The van der Waals surface area contributed by atoms with E-state index in [1.165, 1.54) is 6.07 Å². The molecule has 7 nitrogen and oxygen atoms in total. The number of likely N-dealkylation sites (tertiary alicyclic amines) is 2. The van der Waals surface area contributed by atoms with E-state index >= 15 is 0 Å². The van der Waals surface area contributed by atoms with Crippen molar-refractivity contribution in [3.05, 3.63) is 29.6 Å². The Kier molecular flexibility index (Phi) is 4.29. The number of ether oxygens (including phenoxy) is 1. The monoisotopic (exact) mass is 424 g/mol. The van der Waals surface area contributed by atoms with Crippen LogP contribution in [0.1, 0.15) is 24.1 Å². The van der Waals surface area contributed by atoms with Gasteiger partial charge in [-0.3, -0.25) is 9.78 Å². The van der Waals surface area contributed by atoms with Crippen molar-refractivity contribution < 1.29 is 27.5 Å². The number of halogens is 3. The highest BCUT2D eigenvalue weighted by Gasteiger charge is 2.56. The quantitative estimate of drug-likeness (QED) is 0.784. The standard InChI is InChI=1S/C20H23F3N4O3/c21-20(22,23)14-1-2-15(24-6-14)3-13-4-18(5-13)8-26(9-18)17(29)27-10-19(11-27)12-30-7-16(28)25-19/h1-2,6,13H,3-5,7-12H2,(H,25,28). The average Bonchev–Trinajstić information content (AvgIpc) is 2.59. The molecule has 1 aromatic heterocycles. The summed E-state index contributed by atoms with van der Waals surface area (Å²) in [4.78, 5) is 31.7. The number of amides is 3. The van der Waals surface area contributed by atoms with E-state index in [2.05, 4.69) is 10.3 Å². The molecule has 0 unspecified atom stereocenters. The van der Waals surface area contributed by atoms with Crippen molar-refractivity contribution in [1.82, 2.24) is 20.1 Å². The average molecular weight is 424 g/mol. The lowest BCUT2D eigenvalue weighted by atomic mass is 9.57. The summed E-state index contributed by atoms with van der Waals surface area (Å²) < 4.78 is 43.2. The number of nitrogens with zero attached hydrogens (tertiary/aromatic N) is 3. The third-order valence-electron chi connectivity index (χ3n) is 6.69. The van der Waals surface area contributed by atoms with Crippen molar-refractivity contribution in [3.63, 3.8) is 0 Å². The van der Waals surface area contributed by atoms with Gasteiger partial charge in [0.1, 0.15) is 6.61 Å². The Balaban J connectivity index is 1.06. The molecule has 162 valence electrons.